The molecule has 0 radical (unpaired) electrons. The van der Waals surface area contributed by atoms with E-state index in [1.807, 2.05) is 37.3 Å². The Morgan fingerprint density at radius 2 is 1.84 bits per heavy atom. The predicted octanol–water partition coefficient (Wildman–Crippen LogP) is 4.90. The topological polar surface area (TPSA) is 38.0 Å². The molecule has 98 valence electrons. The minimum absolute atomic E-state index is 0.373. The van der Waals surface area contributed by atoms with Gasteiger partial charge in [0.25, 0.3) is 0 Å². The van der Waals surface area contributed by atoms with E-state index in [9.17, 15) is 0 Å². The van der Waals surface area contributed by atoms with E-state index >= 15 is 0 Å². The molecule has 2 aromatic carbocycles. The fourth-order valence-corrected chi connectivity index (χ4v) is 2.83. The highest BCUT2D eigenvalue weighted by Gasteiger charge is 2.08. The third-order valence-electron chi connectivity index (χ3n) is 2.64. The first kappa shape index (κ1) is 14.5. The monoisotopic (exact) mass is 398 g/mol. The summed E-state index contributed by atoms with van der Waals surface area (Å²) in [5, 5.41) is 3.35. The maximum Gasteiger partial charge on any atom is 0.106 e. The van der Waals surface area contributed by atoms with Gasteiger partial charge in [-0.15, -0.1) is 0 Å². The number of anilines is 2. The number of hydrogen-bond acceptors (Lipinski definition) is 2. The molecule has 0 bridgehead atoms. The van der Waals surface area contributed by atoms with Gasteiger partial charge in [0.15, 0.2) is 0 Å². The van der Waals surface area contributed by atoms with Crippen LogP contribution in [0.25, 0.3) is 0 Å². The zero-order valence-corrected chi connectivity index (χ0v) is 14.2. The number of thiocarbonyl (C=S) groups is 1. The molecule has 0 aromatic heterocycles. The lowest BCUT2D eigenvalue weighted by atomic mass is 10.1. The molecule has 0 saturated heterocycles. The molecule has 0 aliphatic carbocycles. The summed E-state index contributed by atoms with van der Waals surface area (Å²) in [6.07, 6.45) is 0. The third-order valence-corrected chi connectivity index (χ3v) is 4.01. The summed E-state index contributed by atoms with van der Waals surface area (Å²) in [7, 11) is 0. The zero-order chi connectivity index (χ0) is 14.0. The van der Waals surface area contributed by atoms with Crippen molar-refractivity contribution in [1.29, 1.82) is 0 Å². The molecule has 2 rings (SSSR count). The number of nitrogens with one attached hydrogen (secondary N) is 1. The SMILES string of the molecule is Cc1ccc(Nc2cc(Br)ccc2C(N)=S)c(Br)c1. The minimum Gasteiger partial charge on any atom is -0.389 e. The Morgan fingerprint density at radius 1 is 1.11 bits per heavy atom. The number of hydrogen-bond donors (Lipinski definition) is 2. The first-order valence-corrected chi connectivity index (χ1v) is 7.59. The van der Waals surface area contributed by atoms with Crippen molar-refractivity contribution in [3.05, 3.63) is 56.5 Å². The molecular weight excluding hydrogens is 388 g/mol. The summed E-state index contributed by atoms with van der Waals surface area (Å²) in [5.41, 5.74) is 9.62. The highest BCUT2D eigenvalue weighted by atomic mass is 79.9. The molecule has 0 atom stereocenters. The average Bonchev–Trinajstić information content (AvgIpc) is 2.32. The van der Waals surface area contributed by atoms with Gasteiger partial charge in [-0.05, 0) is 58.7 Å². The van der Waals surface area contributed by atoms with Gasteiger partial charge in [0.1, 0.15) is 4.99 Å². The Balaban J connectivity index is 2.42. The average molecular weight is 400 g/mol. The van der Waals surface area contributed by atoms with Gasteiger partial charge in [0.05, 0.1) is 5.69 Å². The quantitative estimate of drug-likeness (QED) is 0.721. The highest BCUT2D eigenvalue weighted by molar-refractivity contribution is 9.10. The molecule has 0 amide bonds. The molecule has 3 N–H and O–H groups in total. The van der Waals surface area contributed by atoms with Crippen molar-refractivity contribution in [2.45, 2.75) is 6.92 Å². The molecule has 19 heavy (non-hydrogen) atoms. The molecule has 0 aliphatic heterocycles. The maximum absolute atomic E-state index is 5.74. The lowest BCUT2D eigenvalue weighted by molar-refractivity contribution is 1.42. The molecule has 0 unspecified atom stereocenters. The molecular formula is C14H12Br2N2S. The molecule has 5 heteroatoms. The summed E-state index contributed by atoms with van der Waals surface area (Å²) >= 11 is 12.1. The lowest BCUT2D eigenvalue weighted by Gasteiger charge is -2.13. The van der Waals surface area contributed by atoms with Crippen LogP contribution in [0.4, 0.5) is 11.4 Å². The van der Waals surface area contributed by atoms with Crippen molar-refractivity contribution in [2.24, 2.45) is 5.73 Å². The number of rotatable bonds is 3. The van der Waals surface area contributed by atoms with Gasteiger partial charge >= 0.3 is 0 Å². The first-order chi connectivity index (χ1) is 8.97. The second-order valence-corrected chi connectivity index (χ2v) is 6.37. The predicted molar refractivity (Wildman–Crippen MR) is 92.2 cm³/mol. The van der Waals surface area contributed by atoms with Crippen molar-refractivity contribution >= 4 is 60.4 Å². The summed E-state index contributed by atoms with van der Waals surface area (Å²) in [5.74, 6) is 0. The Labute approximate surface area is 134 Å². The Hall–Kier alpha value is -0.910. The van der Waals surface area contributed by atoms with Crippen molar-refractivity contribution in [3.63, 3.8) is 0 Å². The number of halogens is 2. The largest absolute Gasteiger partial charge is 0.389 e. The smallest absolute Gasteiger partial charge is 0.106 e. The van der Waals surface area contributed by atoms with Crippen LogP contribution in [0.1, 0.15) is 11.1 Å². The standard InChI is InChI=1S/C14H12Br2N2S/c1-8-2-5-12(11(16)6-8)18-13-7-9(15)3-4-10(13)14(17)19/h2-7,18H,1H3,(H2,17,19). The van der Waals surface area contributed by atoms with E-state index in [-0.39, 0.29) is 0 Å². The van der Waals surface area contributed by atoms with Crippen LogP contribution < -0.4 is 11.1 Å². The summed E-state index contributed by atoms with van der Waals surface area (Å²) in [4.78, 5) is 0.373. The fraction of sp³-hybridized carbons (Fsp3) is 0.0714. The van der Waals surface area contributed by atoms with E-state index in [1.165, 1.54) is 5.56 Å². The summed E-state index contributed by atoms with van der Waals surface area (Å²) in [6.45, 7) is 2.05. The Kier molecular flexibility index (Phi) is 4.60. The van der Waals surface area contributed by atoms with Crippen LogP contribution in [0.15, 0.2) is 45.3 Å². The normalized spacial score (nSPS) is 10.3. The van der Waals surface area contributed by atoms with Crippen LogP contribution in [0, 0.1) is 6.92 Å². The van der Waals surface area contributed by atoms with Crippen molar-refractivity contribution in [2.75, 3.05) is 5.32 Å². The van der Waals surface area contributed by atoms with E-state index in [0.29, 0.717) is 4.99 Å². The van der Waals surface area contributed by atoms with E-state index in [4.69, 9.17) is 18.0 Å². The van der Waals surface area contributed by atoms with Crippen LogP contribution in [0.5, 0.6) is 0 Å². The maximum atomic E-state index is 5.74. The Bertz CT molecular complexity index is 641. The molecule has 0 spiro atoms. The summed E-state index contributed by atoms with van der Waals surface area (Å²) < 4.78 is 1.97. The van der Waals surface area contributed by atoms with Crippen LogP contribution in [0.2, 0.25) is 0 Å². The van der Waals surface area contributed by atoms with Gasteiger partial charge in [-0.25, -0.2) is 0 Å². The van der Waals surface area contributed by atoms with E-state index < -0.39 is 0 Å². The van der Waals surface area contributed by atoms with Gasteiger partial charge in [0.2, 0.25) is 0 Å². The third kappa shape index (κ3) is 3.55. The number of nitrogens with two attached hydrogens (primary N) is 1. The molecule has 0 aliphatic rings. The van der Waals surface area contributed by atoms with E-state index in [2.05, 4.69) is 43.2 Å². The summed E-state index contributed by atoms with van der Waals surface area (Å²) in [6, 6.07) is 11.9. The van der Waals surface area contributed by atoms with Gasteiger partial charge < -0.3 is 11.1 Å². The van der Waals surface area contributed by atoms with Crippen LogP contribution in [-0.4, -0.2) is 4.99 Å². The zero-order valence-electron chi connectivity index (χ0n) is 10.2. The molecule has 0 fully saturated rings. The van der Waals surface area contributed by atoms with Crippen molar-refractivity contribution in [3.8, 4) is 0 Å². The molecule has 0 heterocycles. The van der Waals surface area contributed by atoms with Gasteiger partial charge in [-0.1, -0.05) is 34.2 Å². The van der Waals surface area contributed by atoms with Gasteiger partial charge in [-0.3, -0.25) is 0 Å². The lowest BCUT2D eigenvalue weighted by Crippen LogP contribution is -2.12. The molecule has 0 saturated carbocycles. The fourth-order valence-electron chi connectivity index (χ4n) is 1.70. The Morgan fingerprint density at radius 3 is 2.47 bits per heavy atom. The van der Waals surface area contributed by atoms with Crippen LogP contribution >= 0.6 is 44.1 Å². The van der Waals surface area contributed by atoms with Gasteiger partial charge in [-0.2, -0.15) is 0 Å². The highest BCUT2D eigenvalue weighted by Crippen LogP contribution is 2.30. The second-order valence-electron chi connectivity index (χ2n) is 4.16. The van der Waals surface area contributed by atoms with Crippen LogP contribution in [0.3, 0.4) is 0 Å². The minimum atomic E-state index is 0.373. The molecule has 2 nitrogen and oxygen atoms in total. The van der Waals surface area contributed by atoms with E-state index in [1.54, 1.807) is 0 Å². The van der Waals surface area contributed by atoms with Crippen molar-refractivity contribution < 1.29 is 0 Å². The van der Waals surface area contributed by atoms with Gasteiger partial charge in [0, 0.05) is 20.2 Å². The first-order valence-electron chi connectivity index (χ1n) is 5.60. The number of benzene rings is 2. The van der Waals surface area contributed by atoms with Crippen LogP contribution in [-0.2, 0) is 0 Å². The van der Waals surface area contributed by atoms with E-state index in [0.717, 1.165) is 25.9 Å². The van der Waals surface area contributed by atoms with Crippen molar-refractivity contribution in [1.82, 2.24) is 0 Å². The second kappa shape index (κ2) is 6.03. The molecule has 2 aromatic rings. The number of aryl methyl sites for hydroxylation is 1.